The predicted octanol–water partition coefficient (Wildman–Crippen LogP) is 4.40. The molecule has 0 spiro atoms. The lowest BCUT2D eigenvalue weighted by Gasteiger charge is -2.24. The van der Waals surface area contributed by atoms with Gasteiger partial charge in [-0.25, -0.2) is 8.42 Å². The zero-order valence-electron chi connectivity index (χ0n) is 18.9. The van der Waals surface area contributed by atoms with E-state index in [0.717, 1.165) is 4.31 Å². The monoisotopic (exact) mass is 494 g/mol. The van der Waals surface area contributed by atoms with Gasteiger partial charge in [-0.05, 0) is 30.3 Å². The summed E-state index contributed by atoms with van der Waals surface area (Å²) < 4.78 is 38.4. The Hall–Kier alpha value is -4.38. The van der Waals surface area contributed by atoms with Crippen LogP contribution in [-0.2, 0) is 14.8 Å². The summed E-state index contributed by atoms with van der Waals surface area (Å²) in [6.45, 7) is -0.640. The van der Waals surface area contributed by atoms with Crippen LogP contribution in [0.3, 0.4) is 0 Å². The van der Waals surface area contributed by atoms with Gasteiger partial charge in [0.1, 0.15) is 6.54 Å². The lowest BCUT2D eigenvalue weighted by molar-refractivity contribution is -0.116. The molecule has 0 aliphatic carbocycles. The molecule has 1 amide bonds. The van der Waals surface area contributed by atoms with Crippen molar-refractivity contribution in [2.24, 2.45) is 10.2 Å². The number of ether oxygens (including phenoxy) is 2. The first kappa shape index (κ1) is 23.8. The van der Waals surface area contributed by atoms with Crippen LogP contribution in [0.15, 0.2) is 87.9 Å². The standard InChI is InChI=1S/C24H22N4O6S/c1-33-20-13-12-16(14-21(20)34-2)28(35(31,32)17-8-4-3-5-9-17)15-22(29)26-27-23-18-10-6-7-11-19(18)25-24(23)30/h3-14,25,30H,15H2,1-2H3. The van der Waals surface area contributed by atoms with Gasteiger partial charge in [0.25, 0.3) is 15.9 Å². The van der Waals surface area contributed by atoms with E-state index in [0.29, 0.717) is 16.7 Å². The molecule has 2 N–H and O–H groups in total. The molecule has 0 radical (unpaired) electrons. The lowest BCUT2D eigenvalue weighted by Crippen LogP contribution is -2.35. The number of sulfonamides is 1. The van der Waals surface area contributed by atoms with Crippen LogP contribution in [-0.4, -0.2) is 45.2 Å². The topological polar surface area (TPSA) is 134 Å². The number of H-pyrrole nitrogens is 1. The predicted molar refractivity (Wildman–Crippen MR) is 130 cm³/mol. The third-order valence-corrected chi connectivity index (χ3v) is 6.97. The van der Waals surface area contributed by atoms with Crippen molar-refractivity contribution in [3.8, 4) is 17.4 Å². The molecular weight excluding hydrogens is 472 g/mol. The van der Waals surface area contributed by atoms with E-state index in [4.69, 9.17) is 9.47 Å². The number of nitrogens with one attached hydrogen (secondary N) is 1. The highest BCUT2D eigenvalue weighted by Crippen LogP contribution is 2.36. The number of nitrogens with zero attached hydrogens (tertiary/aromatic N) is 3. The summed E-state index contributed by atoms with van der Waals surface area (Å²) >= 11 is 0. The fourth-order valence-corrected chi connectivity index (χ4v) is 4.92. The van der Waals surface area contributed by atoms with Crippen LogP contribution in [0.4, 0.5) is 11.4 Å². The van der Waals surface area contributed by atoms with Gasteiger partial charge < -0.3 is 19.6 Å². The number of methoxy groups -OCH3 is 2. The minimum absolute atomic E-state index is 0.00574. The third-order valence-electron chi connectivity index (χ3n) is 5.19. The molecule has 0 aliphatic heterocycles. The van der Waals surface area contributed by atoms with Crippen molar-refractivity contribution in [3.05, 3.63) is 72.8 Å². The van der Waals surface area contributed by atoms with E-state index in [9.17, 15) is 18.3 Å². The average molecular weight is 495 g/mol. The number of azo groups is 1. The molecule has 0 aliphatic rings. The molecule has 11 heteroatoms. The second-order valence-corrected chi connectivity index (χ2v) is 9.19. The van der Waals surface area contributed by atoms with E-state index in [1.807, 2.05) is 0 Å². The normalized spacial score (nSPS) is 11.6. The molecule has 4 aromatic rings. The SMILES string of the molecule is COc1ccc(N(CC(=O)N=Nc2c(O)[nH]c3ccccc23)S(=O)(=O)c2ccccc2)cc1OC. The Bertz CT molecular complexity index is 1500. The number of rotatable bonds is 8. The van der Waals surface area contributed by atoms with Gasteiger partial charge in [-0.3, -0.25) is 9.10 Å². The number of hydrogen-bond acceptors (Lipinski definition) is 7. The largest absolute Gasteiger partial charge is 0.493 e. The number of carbonyl (C=O) groups excluding carboxylic acids is 1. The smallest absolute Gasteiger partial charge is 0.285 e. The first-order chi connectivity index (χ1) is 16.8. The number of fused-ring (bicyclic) bond motifs is 1. The Labute approximate surface area is 201 Å². The molecule has 1 aromatic heterocycles. The Kier molecular flexibility index (Phi) is 6.69. The summed E-state index contributed by atoms with van der Waals surface area (Å²) in [4.78, 5) is 15.5. The quantitative estimate of drug-likeness (QED) is 0.349. The van der Waals surface area contributed by atoms with Crippen molar-refractivity contribution in [2.75, 3.05) is 25.1 Å². The summed E-state index contributed by atoms with van der Waals surface area (Å²) in [5, 5.41) is 18.3. The number of hydrogen-bond donors (Lipinski definition) is 2. The highest BCUT2D eigenvalue weighted by atomic mass is 32.2. The van der Waals surface area contributed by atoms with E-state index in [1.165, 1.54) is 44.6 Å². The van der Waals surface area contributed by atoms with Crippen LogP contribution in [0.5, 0.6) is 17.4 Å². The summed E-state index contributed by atoms with van der Waals surface area (Å²) in [5.74, 6) is -0.412. The Morgan fingerprint density at radius 1 is 0.971 bits per heavy atom. The maximum Gasteiger partial charge on any atom is 0.285 e. The summed E-state index contributed by atoms with van der Waals surface area (Å²) in [6.07, 6.45) is 0. The van der Waals surface area contributed by atoms with Crippen molar-refractivity contribution in [1.29, 1.82) is 0 Å². The van der Waals surface area contributed by atoms with Crippen LogP contribution < -0.4 is 13.8 Å². The van der Waals surface area contributed by atoms with Crippen molar-refractivity contribution >= 4 is 38.2 Å². The lowest BCUT2D eigenvalue weighted by atomic mass is 10.2. The number of aromatic nitrogens is 1. The summed E-state index contributed by atoms with van der Waals surface area (Å²) in [5.41, 5.74) is 0.868. The molecule has 180 valence electrons. The fraction of sp³-hybridized carbons (Fsp3) is 0.125. The number of amides is 1. The minimum Gasteiger partial charge on any atom is -0.493 e. The van der Waals surface area contributed by atoms with Gasteiger partial charge in [0.2, 0.25) is 5.88 Å². The van der Waals surface area contributed by atoms with Crippen molar-refractivity contribution < 1.29 is 27.8 Å². The molecule has 0 saturated heterocycles. The molecule has 0 bridgehead atoms. The van der Waals surface area contributed by atoms with Gasteiger partial charge in [-0.2, -0.15) is 0 Å². The fourth-order valence-electron chi connectivity index (χ4n) is 3.49. The molecule has 0 unspecified atom stereocenters. The number of benzene rings is 3. The Balaban J connectivity index is 1.71. The third kappa shape index (κ3) is 4.80. The van der Waals surface area contributed by atoms with Gasteiger partial charge >= 0.3 is 0 Å². The number of anilines is 1. The van der Waals surface area contributed by atoms with E-state index in [2.05, 4.69) is 15.2 Å². The second-order valence-electron chi connectivity index (χ2n) is 7.33. The van der Waals surface area contributed by atoms with Crippen molar-refractivity contribution in [1.82, 2.24) is 4.98 Å². The van der Waals surface area contributed by atoms with Crippen LogP contribution in [0.1, 0.15) is 0 Å². The van der Waals surface area contributed by atoms with Crippen LogP contribution in [0.25, 0.3) is 10.9 Å². The van der Waals surface area contributed by atoms with Crippen LogP contribution in [0, 0.1) is 0 Å². The molecule has 0 saturated carbocycles. The summed E-state index contributed by atoms with van der Waals surface area (Å²) in [7, 11) is -1.27. The molecule has 1 heterocycles. The highest BCUT2D eigenvalue weighted by molar-refractivity contribution is 7.92. The Morgan fingerprint density at radius 2 is 1.66 bits per heavy atom. The maximum atomic E-state index is 13.5. The van der Waals surface area contributed by atoms with Gasteiger partial charge in [-0.15, -0.1) is 10.2 Å². The van der Waals surface area contributed by atoms with Gasteiger partial charge in [-0.1, -0.05) is 36.4 Å². The number of para-hydroxylation sites is 1. The minimum atomic E-state index is -4.15. The van der Waals surface area contributed by atoms with Crippen LogP contribution in [0.2, 0.25) is 0 Å². The Morgan fingerprint density at radius 3 is 2.37 bits per heavy atom. The average Bonchev–Trinajstić information content (AvgIpc) is 3.20. The molecule has 10 nitrogen and oxygen atoms in total. The van der Waals surface area contributed by atoms with Gasteiger partial charge in [0.15, 0.2) is 17.2 Å². The molecular formula is C24H22N4O6S. The molecule has 0 fully saturated rings. The highest BCUT2D eigenvalue weighted by Gasteiger charge is 2.28. The number of aromatic hydroxyl groups is 1. The van der Waals surface area contributed by atoms with Crippen molar-refractivity contribution in [3.63, 3.8) is 0 Å². The zero-order valence-corrected chi connectivity index (χ0v) is 19.7. The molecule has 4 rings (SSSR count). The van der Waals surface area contributed by atoms with Gasteiger partial charge in [0, 0.05) is 11.5 Å². The van der Waals surface area contributed by atoms with E-state index in [1.54, 1.807) is 42.5 Å². The van der Waals surface area contributed by atoms with Crippen LogP contribution >= 0.6 is 0 Å². The second kappa shape index (κ2) is 9.85. The first-order valence-corrected chi connectivity index (χ1v) is 11.8. The molecule has 0 atom stereocenters. The molecule has 3 aromatic carbocycles. The van der Waals surface area contributed by atoms with E-state index < -0.39 is 22.5 Å². The number of aromatic amines is 1. The zero-order chi connectivity index (χ0) is 25.0. The van der Waals surface area contributed by atoms with Crippen molar-refractivity contribution in [2.45, 2.75) is 4.90 Å². The first-order valence-electron chi connectivity index (χ1n) is 10.4. The summed E-state index contributed by atoms with van der Waals surface area (Å²) in [6, 6.07) is 19.2. The van der Waals surface area contributed by atoms with Gasteiger partial charge in [0.05, 0.1) is 30.3 Å². The van der Waals surface area contributed by atoms with E-state index in [-0.39, 0.29) is 27.9 Å². The number of carbonyl (C=O) groups is 1. The van der Waals surface area contributed by atoms with E-state index >= 15 is 0 Å². The maximum absolute atomic E-state index is 13.5. The molecule has 35 heavy (non-hydrogen) atoms.